The molecule has 106 valence electrons. The Morgan fingerprint density at radius 2 is 1.40 bits per heavy atom. The number of aryl methyl sites for hydroxylation is 2. The zero-order valence-electron chi connectivity index (χ0n) is 11.3. The molecule has 1 atom stereocenters. The Balaban J connectivity index is 2.37. The summed E-state index contributed by atoms with van der Waals surface area (Å²) in [5, 5.41) is 0. The van der Waals surface area contributed by atoms with Crippen LogP contribution in [0, 0.1) is 13.8 Å². The molecule has 0 aliphatic rings. The molecule has 0 saturated heterocycles. The summed E-state index contributed by atoms with van der Waals surface area (Å²) in [5.41, 5.74) is 9.26. The maximum absolute atomic E-state index is 12.5. The first-order valence-electron chi connectivity index (χ1n) is 6.29. The molecule has 2 rings (SSSR count). The van der Waals surface area contributed by atoms with Crippen molar-refractivity contribution in [1.29, 1.82) is 0 Å². The second-order valence-corrected chi connectivity index (χ2v) is 4.90. The minimum absolute atomic E-state index is 0.418. The van der Waals surface area contributed by atoms with Gasteiger partial charge in [-0.25, -0.2) is 0 Å². The molecule has 2 aromatic carbocycles. The van der Waals surface area contributed by atoms with Gasteiger partial charge in [-0.3, -0.25) is 0 Å². The normalized spacial score (nSPS) is 13.3. The quantitative estimate of drug-likeness (QED) is 0.868. The van der Waals surface area contributed by atoms with Gasteiger partial charge in [0.2, 0.25) is 0 Å². The number of nitrogens with two attached hydrogens (primary N) is 1. The first-order chi connectivity index (χ1) is 9.30. The first-order valence-corrected chi connectivity index (χ1v) is 6.29. The molecule has 0 amide bonds. The van der Waals surface area contributed by atoms with Crippen molar-refractivity contribution in [2.24, 2.45) is 5.73 Å². The fraction of sp³-hybridized carbons (Fsp3) is 0.250. The molecule has 2 aromatic rings. The number of benzene rings is 2. The third-order valence-electron chi connectivity index (χ3n) is 3.45. The van der Waals surface area contributed by atoms with Gasteiger partial charge in [0, 0.05) is 0 Å². The molecule has 0 heterocycles. The van der Waals surface area contributed by atoms with Gasteiger partial charge in [-0.2, -0.15) is 13.2 Å². The summed E-state index contributed by atoms with van der Waals surface area (Å²) in [6.07, 6.45) is -4.32. The Hall–Kier alpha value is -1.81. The Labute approximate surface area is 116 Å². The van der Waals surface area contributed by atoms with Gasteiger partial charge in [-0.1, -0.05) is 30.3 Å². The van der Waals surface area contributed by atoms with E-state index in [9.17, 15) is 13.2 Å². The van der Waals surface area contributed by atoms with Crippen LogP contribution in [0.25, 0.3) is 0 Å². The van der Waals surface area contributed by atoms with Gasteiger partial charge in [-0.15, -0.1) is 0 Å². The van der Waals surface area contributed by atoms with Crippen LogP contribution < -0.4 is 5.73 Å². The highest BCUT2D eigenvalue weighted by Gasteiger charge is 2.30. The van der Waals surface area contributed by atoms with Crippen molar-refractivity contribution in [3.63, 3.8) is 0 Å². The van der Waals surface area contributed by atoms with E-state index in [1.807, 2.05) is 32.0 Å². The highest BCUT2D eigenvalue weighted by atomic mass is 19.4. The molecule has 4 heteroatoms. The van der Waals surface area contributed by atoms with Crippen molar-refractivity contribution in [2.75, 3.05) is 0 Å². The van der Waals surface area contributed by atoms with E-state index < -0.39 is 17.8 Å². The average Bonchev–Trinajstić information content (AvgIpc) is 2.37. The van der Waals surface area contributed by atoms with Gasteiger partial charge in [0.15, 0.2) is 0 Å². The Morgan fingerprint density at radius 3 is 1.85 bits per heavy atom. The summed E-state index contributed by atoms with van der Waals surface area (Å²) in [7, 11) is 0. The minimum Gasteiger partial charge on any atom is -0.320 e. The number of alkyl halides is 3. The standard InChI is InChI=1S/C16H16F3N/c1-10-4-3-5-11(2)14(10)15(20)12-6-8-13(9-7-12)16(17,18)19/h3-9,15H,20H2,1-2H3. The van der Waals surface area contributed by atoms with Gasteiger partial charge in [0.25, 0.3) is 0 Å². The van der Waals surface area contributed by atoms with Gasteiger partial charge in [-0.05, 0) is 48.2 Å². The zero-order chi connectivity index (χ0) is 14.9. The average molecular weight is 279 g/mol. The molecule has 1 unspecified atom stereocenters. The van der Waals surface area contributed by atoms with Crippen LogP contribution in [0.5, 0.6) is 0 Å². The van der Waals surface area contributed by atoms with E-state index in [1.165, 1.54) is 12.1 Å². The van der Waals surface area contributed by atoms with Gasteiger partial charge in [0.05, 0.1) is 11.6 Å². The van der Waals surface area contributed by atoms with E-state index >= 15 is 0 Å². The SMILES string of the molecule is Cc1cccc(C)c1C(N)c1ccc(C(F)(F)F)cc1. The molecular weight excluding hydrogens is 263 g/mol. The Morgan fingerprint density at radius 1 is 0.900 bits per heavy atom. The predicted molar refractivity (Wildman–Crippen MR) is 73.4 cm³/mol. The number of hydrogen-bond acceptors (Lipinski definition) is 1. The highest BCUT2D eigenvalue weighted by molar-refractivity contribution is 5.42. The van der Waals surface area contributed by atoms with Crippen LogP contribution in [0.1, 0.15) is 33.9 Å². The predicted octanol–water partition coefficient (Wildman–Crippen LogP) is 4.37. The topological polar surface area (TPSA) is 26.0 Å². The summed E-state index contributed by atoms with van der Waals surface area (Å²) < 4.78 is 37.6. The van der Waals surface area contributed by atoms with Crippen LogP contribution in [0.4, 0.5) is 13.2 Å². The second-order valence-electron chi connectivity index (χ2n) is 4.90. The summed E-state index contributed by atoms with van der Waals surface area (Å²) in [6, 6.07) is 10.5. The van der Waals surface area contributed by atoms with E-state index in [4.69, 9.17) is 5.73 Å². The van der Waals surface area contributed by atoms with E-state index in [2.05, 4.69) is 0 Å². The van der Waals surface area contributed by atoms with Crippen LogP contribution in [0.15, 0.2) is 42.5 Å². The third-order valence-corrected chi connectivity index (χ3v) is 3.45. The van der Waals surface area contributed by atoms with Crippen LogP contribution in [0.2, 0.25) is 0 Å². The number of halogens is 3. The van der Waals surface area contributed by atoms with Gasteiger partial charge >= 0.3 is 6.18 Å². The summed E-state index contributed by atoms with van der Waals surface area (Å²) in [6.45, 7) is 3.90. The molecule has 0 aliphatic carbocycles. The molecule has 0 saturated carbocycles. The third kappa shape index (κ3) is 2.85. The molecule has 0 aromatic heterocycles. The Kier molecular flexibility index (Phi) is 3.86. The fourth-order valence-corrected chi connectivity index (χ4v) is 2.36. The van der Waals surface area contributed by atoms with Crippen molar-refractivity contribution in [3.05, 3.63) is 70.3 Å². The van der Waals surface area contributed by atoms with Crippen LogP contribution in [0.3, 0.4) is 0 Å². The highest BCUT2D eigenvalue weighted by Crippen LogP contribution is 2.31. The van der Waals surface area contributed by atoms with E-state index in [0.29, 0.717) is 5.56 Å². The lowest BCUT2D eigenvalue weighted by Crippen LogP contribution is -2.15. The number of rotatable bonds is 2. The van der Waals surface area contributed by atoms with Crippen LogP contribution in [-0.2, 0) is 6.18 Å². The summed E-state index contributed by atoms with van der Waals surface area (Å²) in [4.78, 5) is 0. The summed E-state index contributed by atoms with van der Waals surface area (Å²) >= 11 is 0. The van der Waals surface area contributed by atoms with E-state index in [-0.39, 0.29) is 0 Å². The molecule has 0 radical (unpaired) electrons. The van der Waals surface area contributed by atoms with Gasteiger partial charge in [0.1, 0.15) is 0 Å². The Bertz CT molecular complexity index is 580. The molecular formula is C16H16F3N. The molecule has 1 nitrogen and oxygen atoms in total. The maximum atomic E-state index is 12.5. The van der Waals surface area contributed by atoms with E-state index in [1.54, 1.807) is 0 Å². The first kappa shape index (κ1) is 14.6. The molecule has 20 heavy (non-hydrogen) atoms. The van der Waals surface area contributed by atoms with Crippen LogP contribution >= 0.6 is 0 Å². The maximum Gasteiger partial charge on any atom is 0.416 e. The monoisotopic (exact) mass is 279 g/mol. The van der Waals surface area contributed by atoms with Crippen molar-refractivity contribution >= 4 is 0 Å². The molecule has 2 N–H and O–H groups in total. The van der Waals surface area contributed by atoms with E-state index in [0.717, 1.165) is 28.8 Å². The summed E-state index contributed by atoms with van der Waals surface area (Å²) in [5.74, 6) is 0. The van der Waals surface area contributed by atoms with Crippen molar-refractivity contribution in [1.82, 2.24) is 0 Å². The van der Waals surface area contributed by atoms with Gasteiger partial charge < -0.3 is 5.73 Å². The lowest BCUT2D eigenvalue weighted by Gasteiger charge is -2.18. The largest absolute Gasteiger partial charge is 0.416 e. The number of hydrogen-bond donors (Lipinski definition) is 1. The zero-order valence-corrected chi connectivity index (χ0v) is 11.3. The minimum atomic E-state index is -4.32. The van der Waals surface area contributed by atoms with Crippen molar-refractivity contribution in [2.45, 2.75) is 26.1 Å². The molecule has 0 spiro atoms. The lowest BCUT2D eigenvalue weighted by atomic mass is 9.91. The van der Waals surface area contributed by atoms with Crippen LogP contribution in [-0.4, -0.2) is 0 Å². The fourth-order valence-electron chi connectivity index (χ4n) is 2.36. The smallest absolute Gasteiger partial charge is 0.320 e. The second kappa shape index (κ2) is 5.29. The lowest BCUT2D eigenvalue weighted by molar-refractivity contribution is -0.137. The molecule has 0 bridgehead atoms. The van der Waals surface area contributed by atoms with Crippen molar-refractivity contribution < 1.29 is 13.2 Å². The molecule has 0 fully saturated rings. The van der Waals surface area contributed by atoms with Crippen molar-refractivity contribution in [3.8, 4) is 0 Å². The molecule has 0 aliphatic heterocycles.